The third-order valence-electron chi connectivity index (χ3n) is 5.81. The molecular formula is C28H37FN6O11. The number of hydrogen-bond donors (Lipinski definition) is 5. The third kappa shape index (κ3) is 14.4. The molecule has 0 saturated carbocycles. The summed E-state index contributed by atoms with van der Waals surface area (Å²) in [5.41, 5.74) is 5.84. The Hall–Kier alpha value is -5.42. The highest BCUT2D eigenvalue weighted by atomic mass is 19.1. The Bertz CT molecular complexity index is 1290. The number of hydrogen-bond acceptors (Lipinski definition) is 11. The van der Waals surface area contributed by atoms with Crippen molar-refractivity contribution in [2.75, 3.05) is 11.9 Å². The molecule has 0 radical (unpaired) electrons. The summed E-state index contributed by atoms with van der Waals surface area (Å²) < 4.78 is 16.4. The first-order chi connectivity index (χ1) is 21.7. The lowest BCUT2D eigenvalue weighted by Crippen LogP contribution is -2.51. The maximum atomic E-state index is 12.6. The van der Waals surface area contributed by atoms with Crippen molar-refractivity contribution in [2.45, 2.75) is 78.0 Å². The lowest BCUT2D eigenvalue weighted by molar-refractivity contribution is -0.197. The monoisotopic (exact) mass is 652 g/mol. The van der Waals surface area contributed by atoms with E-state index in [0.29, 0.717) is 10.6 Å². The molecule has 0 aromatic heterocycles. The van der Waals surface area contributed by atoms with Gasteiger partial charge in [-0.3, -0.25) is 33.6 Å². The molecule has 1 aromatic carbocycles. The second-order valence-corrected chi connectivity index (χ2v) is 9.41. The number of imide groups is 1. The minimum absolute atomic E-state index is 0.000338. The number of nitrogens with two attached hydrogens (primary N) is 1. The molecule has 1 aliphatic rings. The van der Waals surface area contributed by atoms with Gasteiger partial charge in [-0.1, -0.05) is 26.0 Å². The molecule has 17 nitrogen and oxygen atoms in total. The Labute approximate surface area is 263 Å². The fourth-order valence-corrected chi connectivity index (χ4v) is 3.61. The fraction of sp³-hybridized carbons (Fsp3) is 0.464. The quantitative estimate of drug-likeness (QED) is 0.118. The van der Waals surface area contributed by atoms with E-state index in [1.165, 1.54) is 31.2 Å². The van der Waals surface area contributed by atoms with Crippen LogP contribution in [0.15, 0.2) is 24.3 Å². The van der Waals surface area contributed by atoms with E-state index in [1.54, 1.807) is 0 Å². The largest absolute Gasteiger partial charge is 0.495 e. The molecule has 1 aliphatic heterocycles. The molecule has 1 saturated heterocycles. The van der Waals surface area contributed by atoms with Gasteiger partial charge in [0.25, 0.3) is 11.8 Å². The van der Waals surface area contributed by atoms with Crippen LogP contribution in [-0.2, 0) is 54.5 Å². The van der Waals surface area contributed by atoms with Crippen molar-refractivity contribution >= 4 is 59.2 Å². The van der Waals surface area contributed by atoms with Gasteiger partial charge in [-0.25, -0.2) is 9.59 Å². The van der Waals surface area contributed by atoms with Crippen LogP contribution < -0.4 is 27.0 Å². The van der Waals surface area contributed by atoms with Crippen LogP contribution in [0, 0.1) is 0 Å². The van der Waals surface area contributed by atoms with Gasteiger partial charge in [0.1, 0.15) is 18.7 Å². The van der Waals surface area contributed by atoms with E-state index in [4.69, 9.17) is 10.6 Å². The van der Waals surface area contributed by atoms with Gasteiger partial charge in [0.15, 0.2) is 0 Å². The Morgan fingerprint density at radius 3 is 2.09 bits per heavy atom. The molecular weight excluding hydrogens is 615 g/mol. The molecule has 2 atom stereocenters. The van der Waals surface area contributed by atoms with Crippen LogP contribution in [0.4, 0.5) is 14.9 Å². The van der Waals surface area contributed by atoms with Crippen molar-refractivity contribution in [3.63, 3.8) is 0 Å². The number of nitrogens with one attached hydrogen (secondary N) is 4. The van der Waals surface area contributed by atoms with Gasteiger partial charge in [0.2, 0.25) is 29.5 Å². The number of ether oxygens (including phenoxy) is 1. The number of primary amides is 1. The first kappa shape index (κ1) is 38.6. The molecule has 1 fully saturated rings. The topological polar surface area (TPSA) is 249 Å². The summed E-state index contributed by atoms with van der Waals surface area (Å²) in [7, 11) is 0. The predicted octanol–water partition coefficient (Wildman–Crippen LogP) is 0.0160. The molecule has 2 rings (SSSR count). The smallest absolute Gasteiger partial charge is 0.435 e. The highest BCUT2D eigenvalue weighted by Gasteiger charge is 2.32. The third-order valence-corrected chi connectivity index (χ3v) is 5.81. The van der Waals surface area contributed by atoms with Gasteiger partial charge >= 0.3 is 12.2 Å². The summed E-state index contributed by atoms with van der Waals surface area (Å²) in [4.78, 5) is 111. The fourth-order valence-electron chi connectivity index (χ4n) is 3.61. The highest BCUT2D eigenvalue weighted by molar-refractivity contribution is 6.02. The number of nitrogens with zero attached hydrogens (tertiary/aromatic N) is 1. The van der Waals surface area contributed by atoms with Crippen molar-refractivity contribution < 1.29 is 57.1 Å². The van der Waals surface area contributed by atoms with Gasteiger partial charge in [0, 0.05) is 31.4 Å². The standard InChI is InChI=1S/C26H31FN6O11.C2H6/c1-14(30-19(35)3-2-4-23(39)44-33-21(37)9-10-22(33)38)24(40)29-12-20(36)32-17(11-18(28)34)25(41)31-16-7-5-15(6-8-16)13-43-26(27)42;1-2/h5-8,14,17H,2-4,9-13H2,1H3,(H2,28,34)(H,29,40)(H,30,35)(H,31,41)(H,32,36);1-2H3. The summed E-state index contributed by atoms with van der Waals surface area (Å²) >= 11 is 0. The second kappa shape index (κ2) is 19.8. The highest BCUT2D eigenvalue weighted by Crippen LogP contribution is 2.14. The Balaban J connectivity index is 0.00000518. The minimum atomic E-state index is -1.95. The van der Waals surface area contributed by atoms with Crippen LogP contribution >= 0.6 is 0 Å². The molecule has 18 heteroatoms. The SMILES string of the molecule is CC.CC(NC(=O)CCCC(=O)ON1C(=O)CCC1=O)C(=O)NCC(=O)NC(CC(N)=O)C(=O)Nc1ccc(COC(=O)F)cc1. The molecule has 1 aromatic rings. The summed E-state index contributed by atoms with van der Waals surface area (Å²) in [5, 5.41) is 9.76. The summed E-state index contributed by atoms with van der Waals surface area (Å²) in [6, 6.07) is 3.18. The lowest BCUT2D eigenvalue weighted by atomic mass is 10.1. The van der Waals surface area contributed by atoms with Crippen molar-refractivity contribution in [1.82, 2.24) is 21.0 Å². The maximum absolute atomic E-state index is 12.6. The molecule has 1 heterocycles. The van der Waals surface area contributed by atoms with Crippen molar-refractivity contribution in [3.05, 3.63) is 29.8 Å². The second-order valence-electron chi connectivity index (χ2n) is 9.41. The number of halogens is 1. The maximum Gasteiger partial charge on any atom is 0.495 e. The molecule has 0 bridgehead atoms. The number of anilines is 1. The first-order valence-electron chi connectivity index (χ1n) is 14.2. The molecule has 0 spiro atoms. The average molecular weight is 653 g/mol. The van der Waals surface area contributed by atoms with Crippen molar-refractivity contribution in [2.24, 2.45) is 5.73 Å². The number of hydroxylamine groups is 2. The first-order valence-corrected chi connectivity index (χ1v) is 14.2. The normalized spacial score (nSPS) is 13.3. The van der Waals surface area contributed by atoms with E-state index in [0.717, 1.165) is 0 Å². The van der Waals surface area contributed by atoms with Gasteiger partial charge < -0.3 is 36.6 Å². The van der Waals surface area contributed by atoms with Crippen LogP contribution in [0.3, 0.4) is 0 Å². The number of benzene rings is 1. The molecule has 2 unspecified atom stereocenters. The Morgan fingerprint density at radius 2 is 1.52 bits per heavy atom. The zero-order valence-electron chi connectivity index (χ0n) is 25.5. The Morgan fingerprint density at radius 1 is 0.913 bits per heavy atom. The zero-order valence-corrected chi connectivity index (χ0v) is 25.5. The molecule has 6 N–H and O–H groups in total. The van der Waals surface area contributed by atoms with Crippen LogP contribution in [0.1, 0.15) is 64.9 Å². The predicted molar refractivity (Wildman–Crippen MR) is 155 cm³/mol. The number of rotatable bonds is 16. The summed E-state index contributed by atoms with van der Waals surface area (Å²) in [5.74, 6) is -6.06. The van der Waals surface area contributed by atoms with Crippen LogP contribution in [-0.4, -0.2) is 77.2 Å². The average Bonchev–Trinajstić information content (AvgIpc) is 3.31. The van der Waals surface area contributed by atoms with Crippen LogP contribution in [0.25, 0.3) is 0 Å². The van der Waals surface area contributed by atoms with Gasteiger partial charge in [0.05, 0.1) is 13.0 Å². The van der Waals surface area contributed by atoms with Gasteiger partial charge in [-0.15, -0.1) is 9.45 Å². The van der Waals surface area contributed by atoms with Gasteiger partial charge in [-0.05, 0) is 31.0 Å². The summed E-state index contributed by atoms with van der Waals surface area (Å²) in [6.45, 7) is 4.38. The lowest BCUT2D eigenvalue weighted by Gasteiger charge is -2.18. The van der Waals surface area contributed by atoms with Gasteiger partial charge in [-0.2, -0.15) is 0 Å². The number of carbonyl (C=O) groups excluding carboxylic acids is 9. The Kier molecular flexibility index (Phi) is 16.6. The van der Waals surface area contributed by atoms with Crippen LogP contribution in [0.2, 0.25) is 0 Å². The summed E-state index contributed by atoms with van der Waals surface area (Å²) in [6.07, 6.45) is -3.08. The minimum Gasteiger partial charge on any atom is -0.435 e. The van der Waals surface area contributed by atoms with E-state index in [9.17, 15) is 47.5 Å². The molecule has 46 heavy (non-hydrogen) atoms. The van der Waals surface area contributed by atoms with E-state index >= 15 is 0 Å². The number of carbonyl (C=O) groups is 9. The van der Waals surface area contributed by atoms with Crippen molar-refractivity contribution in [1.29, 1.82) is 0 Å². The van der Waals surface area contributed by atoms with E-state index < -0.39 is 78.6 Å². The zero-order chi connectivity index (χ0) is 34.8. The molecule has 7 amide bonds. The van der Waals surface area contributed by atoms with E-state index in [-0.39, 0.29) is 44.4 Å². The van der Waals surface area contributed by atoms with Crippen LogP contribution in [0.5, 0.6) is 0 Å². The van der Waals surface area contributed by atoms with E-state index in [1.807, 2.05) is 13.8 Å². The molecule has 252 valence electrons. The number of amides is 7. The van der Waals surface area contributed by atoms with E-state index in [2.05, 4.69) is 26.0 Å². The van der Waals surface area contributed by atoms with Crippen molar-refractivity contribution in [3.8, 4) is 0 Å². The molecule has 0 aliphatic carbocycles.